The number of Topliss-reactive ketones (excluding diaryl/α,β-unsaturated/α-hetero) is 1. The molecule has 0 saturated heterocycles. The number of ether oxygens (including phenoxy) is 1. The van der Waals surface area contributed by atoms with Crippen LogP contribution in [0.2, 0.25) is 0 Å². The van der Waals surface area contributed by atoms with Gasteiger partial charge in [-0.25, -0.2) is 0 Å². The summed E-state index contributed by atoms with van der Waals surface area (Å²) < 4.78 is 6.17. The van der Waals surface area contributed by atoms with Crippen LogP contribution in [0.3, 0.4) is 0 Å². The Kier molecular flexibility index (Phi) is 5.07. The maximum atomic E-state index is 12.5. The summed E-state index contributed by atoms with van der Waals surface area (Å²) in [6.07, 6.45) is 12.1. The topological polar surface area (TPSA) is 38.3 Å². The first-order valence-corrected chi connectivity index (χ1v) is 11.0. The molecule has 6 atom stereocenters. The van der Waals surface area contributed by atoms with E-state index in [1.165, 1.54) is 25.7 Å². The Morgan fingerprint density at radius 2 is 1.92 bits per heavy atom. The molecule has 4 aliphatic carbocycles. The number of allylic oxidation sites excluding steroid dienone is 1. The monoisotopic (exact) mass is 359 g/mol. The molecule has 0 amide bonds. The molecular formula is C23H37NO2. The lowest BCUT2D eigenvalue weighted by atomic mass is 9.48. The number of rotatable bonds is 5. The van der Waals surface area contributed by atoms with E-state index < -0.39 is 0 Å². The quantitative estimate of drug-likeness (QED) is 0.580. The van der Waals surface area contributed by atoms with Crippen molar-refractivity contribution in [1.29, 1.82) is 0 Å². The molecule has 0 spiro atoms. The molecule has 0 unspecified atom stereocenters. The van der Waals surface area contributed by atoms with Crippen molar-refractivity contribution in [2.24, 2.45) is 28.6 Å². The number of likely N-dealkylation sites (N-methyl/N-ethyl adjacent to an activating group) is 1. The fraction of sp³-hybridized carbons (Fsp3) is 0.870. The Balaban J connectivity index is 1.46. The lowest BCUT2D eigenvalue weighted by molar-refractivity contribution is -0.132. The van der Waals surface area contributed by atoms with Gasteiger partial charge in [0.15, 0.2) is 0 Å². The van der Waals surface area contributed by atoms with Crippen LogP contribution in [0.5, 0.6) is 0 Å². The van der Waals surface area contributed by atoms with Crippen LogP contribution in [0.1, 0.15) is 72.1 Å². The molecule has 0 aromatic rings. The molecule has 0 aromatic heterocycles. The molecule has 0 aliphatic heterocycles. The van der Waals surface area contributed by atoms with Gasteiger partial charge in [-0.2, -0.15) is 0 Å². The smallest absolute Gasteiger partial charge is 0.139 e. The third kappa shape index (κ3) is 2.90. The predicted octanol–water partition coefficient (Wildman–Crippen LogP) is 4.51. The molecule has 3 heteroatoms. The third-order valence-electron chi connectivity index (χ3n) is 8.65. The molecular weight excluding hydrogens is 322 g/mol. The van der Waals surface area contributed by atoms with Gasteiger partial charge in [-0.05, 0) is 74.7 Å². The minimum absolute atomic E-state index is 0.00450. The zero-order valence-electron chi connectivity index (χ0n) is 17.0. The zero-order valence-corrected chi connectivity index (χ0v) is 17.0. The molecule has 0 radical (unpaired) electrons. The number of carbonyl (C=O) groups excluding carboxylic acids is 1. The van der Waals surface area contributed by atoms with Gasteiger partial charge in [0.05, 0.1) is 12.7 Å². The number of hydrogen-bond acceptors (Lipinski definition) is 3. The number of hydrogen-bond donors (Lipinski definition) is 1. The van der Waals surface area contributed by atoms with Crippen LogP contribution < -0.4 is 5.32 Å². The van der Waals surface area contributed by atoms with Gasteiger partial charge in [0.25, 0.3) is 0 Å². The summed E-state index contributed by atoms with van der Waals surface area (Å²) in [5.74, 6) is 2.71. The summed E-state index contributed by atoms with van der Waals surface area (Å²) in [6, 6.07) is 0. The summed E-state index contributed by atoms with van der Waals surface area (Å²) in [6.45, 7) is 9.76. The van der Waals surface area contributed by atoms with Gasteiger partial charge in [0, 0.05) is 18.4 Å². The Morgan fingerprint density at radius 3 is 2.73 bits per heavy atom. The lowest BCUT2D eigenvalue weighted by Crippen LogP contribution is -2.50. The van der Waals surface area contributed by atoms with Gasteiger partial charge in [0.1, 0.15) is 5.78 Å². The summed E-state index contributed by atoms with van der Waals surface area (Å²) in [4.78, 5) is 12.5. The number of carbonyl (C=O) groups is 1. The van der Waals surface area contributed by atoms with Crippen LogP contribution in [0.15, 0.2) is 11.6 Å². The van der Waals surface area contributed by atoms with Crippen molar-refractivity contribution < 1.29 is 9.53 Å². The lowest BCUT2D eigenvalue weighted by Gasteiger charge is -2.57. The highest BCUT2D eigenvalue weighted by molar-refractivity contribution is 5.87. The highest BCUT2D eigenvalue weighted by atomic mass is 16.5. The first-order chi connectivity index (χ1) is 12.5. The molecule has 4 aliphatic rings. The fourth-order valence-electron chi connectivity index (χ4n) is 7.02. The maximum Gasteiger partial charge on any atom is 0.139 e. The van der Waals surface area contributed by atoms with E-state index in [4.69, 9.17) is 4.74 Å². The van der Waals surface area contributed by atoms with Gasteiger partial charge >= 0.3 is 0 Å². The maximum absolute atomic E-state index is 12.5. The van der Waals surface area contributed by atoms with Crippen molar-refractivity contribution in [3.63, 3.8) is 0 Å². The molecule has 3 nitrogen and oxygen atoms in total. The van der Waals surface area contributed by atoms with E-state index in [1.807, 2.05) is 0 Å². The van der Waals surface area contributed by atoms with E-state index in [9.17, 15) is 4.79 Å². The minimum Gasteiger partial charge on any atom is -0.377 e. The average molecular weight is 360 g/mol. The molecule has 0 heterocycles. The fourth-order valence-corrected chi connectivity index (χ4v) is 7.02. The van der Waals surface area contributed by atoms with Crippen molar-refractivity contribution in [3.05, 3.63) is 11.6 Å². The predicted molar refractivity (Wildman–Crippen MR) is 105 cm³/mol. The van der Waals surface area contributed by atoms with Gasteiger partial charge in [-0.3, -0.25) is 4.79 Å². The molecule has 0 aromatic carbocycles. The molecule has 3 saturated carbocycles. The SMILES string of the molecule is CCNCCO[C@H]1CC[C@@]2(C)C(=CC[C@@H]3[C@@H]2CC[C@]2(C)C(=O)CC[C@@H]32)C1. The van der Waals surface area contributed by atoms with Gasteiger partial charge < -0.3 is 10.1 Å². The molecule has 3 fully saturated rings. The van der Waals surface area contributed by atoms with Crippen LogP contribution in [0.4, 0.5) is 0 Å². The van der Waals surface area contributed by atoms with Gasteiger partial charge in [-0.15, -0.1) is 0 Å². The summed E-state index contributed by atoms with van der Waals surface area (Å²) in [5.41, 5.74) is 2.03. The molecule has 1 N–H and O–H groups in total. The largest absolute Gasteiger partial charge is 0.377 e. The number of fused-ring (bicyclic) bond motifs is 5. The van der Waals surface area contributed by atoms with E-state index in [2.05, 4.69) is 32.2 Å². The first-order valence-electron chi connectivity index (χ1n) is 11.0. The van der Waals surface area contributed by atoms with Crippen LogP contribution in [0.25, 0.3) is 0 Å². The van der Waals surface area contributed by atoms with Crippen molar-refractivity contribution >= 4 is 5.78 Å². The second kappa shape index (κ2) is 7.05. The molecule has 26 heavy (non-hydrogen) atoms. The highest BCUT2D eigenvalue weighted by Crippen LogP contribution is 2.64. The van der Waals surface area contributed by atoms with E-state index in [0.29, 0.717) is 23.2 Å². The van der Waals surface area contributed by atoms with Gasteiger partial charge in [-0.1, -0.05) is 32.4 Å². The summed E-state index contributed by atoms with van der Waals surface area (Å²) in [5, 5.41) is 3.35. The second-order valence-electron chi connectivity index (χ2n) is 9.77. The standard InChI is InChI=1S/C23H37NO2/c1-4-24-13-14-26-17-9-11-22(2)16(15-17)5-6-18-19-7-8-21(25)23(19,3)12-10-20(18)22/h5,17-20,24H,4,6-15H2,1-3H3/t17-,18-,19-,20-,22-,23-/m0/s1. The van der Waals surface area contributed by atoms with E-state index in [-0.39, 0.29) is 5.41 Å². The Hall–Kier alpha value is -0.670. The van der Waals surface area contributed by atoms with Crippen LogP contribution in [0, 0.1) is 28.6 Å². The van der Waals surface area contributed by atoms with E-state index >= 15 is 0 Å². The van der Waals surface area contributed by atoms with Crippen molar-refractivity contribution in [1.82, 2.24) is 5.32 Å². The Morgan fingerprint density at radius 1 is 1.15 bits per heavy atom. The number of ketones is 1. The third-order valence-corrected chi connectivity index (χ3v) is 8.65. The second-order valence-corrected chi connectivity index (χ2v) is 9.77. The molecule has 0 bridgehead atoms. The van der Waals surface area contributed by atoms with E-state index in [1.54, 1.807) is 5.57 Å². The molecule has 146 valence electrons. The first kappa shape index (κ1) is 18.7. The Labute approximate surface area is 159 Å². The number of nitrogens with one attached hydrogen (secondary N) is 1. The van der Waals surface area contributed by atoms with Crippen LogP contribution in [-0.4, -0.2) is 31.6 Å². The summed E-state index contributed by atoms with van der Waals surface area (Å²) in [7, 11) is 0. The van der Waals surface area contributed by atoms with Crippen LogP contribution >= 0.6 is 0 Å². The van der Waals surface area contributed by atoms with Crippen molar-refractivity contribution in [2.45, 2.75) is 78.2 Å². The molecule has 4 rings (SSSR count). The minimum atomic E-state index is -0.00450. The van der Waals surface area contributed by atoms with Gasteiger partial charge in [0.2, 0.25) is 0 Å². The van der Waals surface area contributed by atoms with Crippen molar-refractivity contribution in [2.75, 3.05) is 19.7 Å². The highest BCUT2D eigenvalue weighted by Gasteiger charge is 2.58. The zero-order chi connectivity index (χ0) is 18.4. The van der Waals surface area contributed by atoms with Crippen molar-refractivity contribution in [3.8, 4) is 0 Å². The average Bonchev–Trinajstić information content (AvgIpc) is 2.94. The Bertz CT molecular complexity index is 585. The summed E-state index contributed by atoms with van der Waals surface area (Å²) >= 11 is 0. The normalized spacial score (nSPS) is 44.9. The van der Waals surface area contributed by atoms with Crippen LogP contribution in [-0.2, 0) is 9.53 Å². The van der Waals surface area contributed by atoms with E-state index in [0.717, 1.165) is 57.2 Å².